The van der Waals surface area contributed by atoms with Gasteiger partial charge in [-0.15, -0.1) is 0 Å². The Kier molecular flexibility index (Phi) is 6.26. The number of rotatable bonds is 5. The van der Waals surface area contributed by atoms with Crippen LogP contribution in [0.4, 0.5) is 5.69 Å². The number of para-hydroxylation sites is 2. The average Bonchev–Trinajstić information content (AvgIpc) is 3.31. The molecule has 0 bridgehead atoms. The van der Waals surface area contributed by atoms with E-state index in [1.807, 2.05) is 66.9 Å². The molecule has 4 aromatic rings. The van der Waals surface area contributed by atoms with E-state index in [0.717, 1.165) is 34.2 Å². The van der Waals surface area contributed by atoms with Crippen molar-refractivity contribution < 1.29 is 4.74 Å². The Morgan fingerprint density at radius 3 is 2.46 bits per heavy atom. The summed E-state index contributed by atoms with van der Waals surface area (Å²) in [7, 11) is 1.69. The van der Waals surface area contributed by atoms with E-state index in [1.54, 1.807) is 7.11 Å². The minimum absolute atomic E-state index is 0.132. The molecule has 2 aromatic carbocycles. The van der Waals surface area contributed by atoms with Gasteiger partial charge in [-0.3, -0.25) is 4.98 Å². The molecule has 0 aliphatic carbocycles. The van der Waals surface area contributed by atoms with Gasteiger partial charge in [-0.2, -0.15) is 0 Å². The number of methoxy groups -OCH3 is 1. The molecule has 5 nitrogen and oxygen atoms in total. The highest BCUT2D eigenvalue weighted by molar-refractivity contribution is 7.80. The van der Waals surface area contributed by atoms with Gasteiger partial charge in [0.15, 0.2) is 5.11 Å². The molecule has 5 rings (SSSR count). The van der Waals surface area contributed by atoms with Gasteiger partial charge in [0.1, 0.15) is 5.75 Å². The van der Waals surface area contributed by atoms with Crippen LogP contribution in [-0.4, -0.2) is 21.8 Å². The van der Waals surface area contributed by atoms with Crippen molar-refractivity contribution in [3.63, 3.8) is 0 Å². The molecular formula is C28H27ClN4OS. The number of hydrogen-bond donors (Lipinski definition) is 1. The summed E-state index contributed by atoms with van der Waals surface area (Å²) in [4.78, 5) is 6.87. The normalized spacial score (nSPS) is 17.5. The van der Waals surface area contributed by atoms with Gasteiger partial charge < -0.3 is 19.5 Å². The zero-order chi connectivity index (χ0) is 24.7. The summed E-state index contributed by atoms with van der Waals surface area (Å²) in [5.41, 5.74) is 7.61. The lowest BCUT2D eigenvalue weighted by Crippen LogP contribution is -2.30. The molecule has 2 aromatic heterocycles. The highest BCUT2D eigenvalue weighted by atomic mass is 35.5. The zero-order valence-corrected chi connectivity index (χ0v) is 21.7. The van der Waals surface area contributed by atoms with Gasteiger partial charge >= 0.3 is 0 Å². The van der Waals surface area contributed by atoms with Gasteiger partial charge in [-0.25, -0.2) is 0 Å². The van der Waals surface area contributed by atoms with Crippen molar-refractivity contribution in [2.24, 2.45) is 0 Å². The summed E-state index contributed by atoms with van der Waals surface area (Å²) in [5.74, 6) is 0.768. The van der Waals surface area contributed by atoms with E-state index in [1.165, 1.54) is 11.1 Å². The molecule has 7 heteroatoms. The number of aromatic nitrogens is 2. The van der Waals surface area contributed by atoms with Crippen LogP contribution in [0.25, 0.3) is 5.69 Å². The monoisotopic (exact) mass is 502 g/mol. The van der Waals surface area contributed by atoms with Crippen LogP contribution in [0, 0.1) is 20.8 Å². The fourth-order valence-corrected chi connectivity index (χ4v) is 5.70. The molecule has 178 valence electrons. The van der Waals surface area contributed by atoms with Crippen molar-refractivity contribution in [3.05, 3.63) is 106 Å². The van der Waals surface area contributed by atoms with E-state index >= 15 is 0 Å². The SMILES string of the molecule is COc1ccccc1N1C(=S)N[C@H](c2ccccn2)[C@H]1c1c(C)c(C)n(-c2cccc(Cl)c2)c1C. The van der Waals surface area contributed by atoms with Gasteiger partial charge in [0, 0.05) is 33.9 Å². The number of anilines is 1. The second-order valence-corrected chi connectivity index (χ2v) is 9.52. The molecular weight excluding hydrogens is 476 g/mol. The minimum Gasteiger partial charge on any atom is -0.495 e. The molecule has 0 saturated carbocycles. The maximum Gasteiger partial charge on any atom is 0.174 e. The number of ether oxygens (including phenoxy) is 1. The highest BCUT2D eigenvalue weighted by Gasteiger charge is 2.44. The van der Waals surface area contributed by atoms with Crippen LogP contribution in [-0.2, 0) is 0 Å². The first-order valence-electron chi connectivity index (χ1n) is 11.5. The second-order valence-electron chi connectivity index (χ2n) is 8.69. The fraction of sp³-hybridized carbons (Fsp3) is 0.214. The lowest BCUT2D eigenvalue weighted by molar-refractivity contribution is 0.414. The number of benzene rings is 2. The Morgan fingerprint density at radius 2 is 1.74 bits per heavy atom. The standard InChI is InChI=1S/C28H27ClN4OS/c1-17-18(2)32(21-11-9-10-20(29)16-21)19(3)25(17)27-26(22-12-7-8-15-30-22)31-28(35)33(27)23-13-5-6-14-24(23)34-4/h5-16,26-27H,1-4H3,(H,31,35)/t26-,27-/m1/s1. The van der Waals surface area contributed by atoms with Gasteiger partial charge in [-0.05, 0) is 81.0 Å². The predicted molar refractivity (Wildman–Crippen MR) is 146 cm³/mol. The van der Waals surface area contributed by atoms with Crippen molar-refractivity contribution in [2.45, 2.75) is 32.9 Å². The third-order valence-electron chi connectivity index (χ3n) is 6.81. The van der Waals surface area contributed by atoms with Crippen molar-refractivity contribution in [3.8, 4) is 11.4 Å². The summed E-state index contributed by atoms with van der Waals surface area (Å²) in [6.07, 6.45) is 1.82. The topological polar surface area (TPSA) is 42.3 Å². The van der Waals surface area contributed by atoms with Crippen molar-refractivity contribution in [1.29, 1.82) is 0 Å². The highest BCUT2D eigenvalue weighted by Crippen LogP contribution is 2.47. The molecule has 1 aliphatic heterocycles. The van der Waals surface area contributed by atoms with Crippen LogP contribution < -0.4 is 15.0 Å². The zero-order valence-electron chi connectivity index (χ0n) is 20.1. The first-order chi connectivity index (χ1) is 16.9. The summed E-state index contributed by atoms with van der Waals surface area (Å²) in [5, 5.41) is 4.91. The first-order valence-corrected chi connectivity index (χ1v) is 12.3. The maximum atomic E-state index is 6.36. The van der Waals surface area contributed by atoms with Gasteiger partial charge in [0.2, 0.25) is 0 Å². The molecule has 0 spiro atoms. The minimum atomic E-state index is -0.138. The third kappa shape index (κ3) is 3.97. The Balaban J connectivity index is 1.75. The molecule has 0 unspecified atom stereocenters. The molecule has 1 N–H and O–H groups in total. The molecule has 1 aliphatic rings. The van der Waals surface area contributed by atoms with E-state index < -0.39 is 0 Å². The Bertz CT molecular complexity index is 1400. The van der Waals surface area contributed by atoms with Crippen molar-refractivity contribution in [2.75, 3.05) is 12.0 Å². The van der Waals surface area contributed by atoms with Gasteiger partial charge in [0.25, 0.3) is 0 Å². The Morgan fingerprint density at radius 1 is 0.971 bits per heavy atom. The third-order valence-corrected chi connectivity index (χ3v) is 7.36. The molecule has 1 fully saturated rings. The van der Waals surface area contributed by atoms with E-state index in [-0.39, 0.29) is 12.1 Å². The number of pyridine rings is 1. The summed E-state index contributed by atoms with van der Waals surface area (Å²) in [6, 6.07) is 21.7. The van der Waals surface area contributed by atoms with E-state index in [0.29, 0.717) is 10.1 Å². The van der Waals surface area contributed by atoms with Crippen LogP contribution >= 0.6 is 23.8 Å². The van der Waals surface area contributed by atoms with Crippen LogP contribution in [0.5, 0.6) is 5.75 Å². The van der Waals surface area contributed by atoms with Crippen LogP contribution in [0.1, 0.15) is 40.3 Å². The second kappa shape index (κ2) is 9.36. The molecule has 0 radical (unpaired) electrons. The Labute approximate surface area is 216 Å². The summed E-state index contributed by atoms with van der Waals surface area (Å²) in [6.45, 7) is 6.49. The number of hydrogen-bond acceptors (Lipinski definition) is 3. The number of nitrogens with zero attached hydrogens (tertiary/aromatic N) is 3. The quantitative estimate of drug-likeness (QED) is 0.310. The summed E-state index contributed by atoms with van der Waals surface area (Å²) < 4.78 is 8.01. The maximum absolute atomic E-state index is 6.36. The van der Waals surface area contributed by atoms with Crippen LogP contribution in [0.3, 0.4) is 0 Å². The van der Waals surface area contributed by atoms with Crippen molar-refractivity contribution >= 4 is 34.6 Å². The Hall–Kier alpha value is -3.35. The smallest absolute Gasteiger partial charge is 0.174 e. The van der Waals surface area contributed by atoms with Crippen LogP contribution in [0.2, 0.25) is 5.02 Å². The number of halogens is 1. The molecule has 2 atom stereocenters. The molecule has 1 saturated heterocycles. The van der Waals surface area contributed by atoms with E-state index in [9.17, 15) is 0 Å². The first kappa shape index (κ1) is 23.4. The fourth-order valence-electron chi connectivity index (χ4n) is 5.18. The predicted octanol–water partition coefficient (Wildman–Crippen LogP) is 6.64. The van der Waals surface area contributed by atoms with Crippen LogP contribution in [0.15, 0.2) is 72.9 Å². The summed E-state index contributed by atoms with van der Waals surface area (Å²) >= 11 is 12.3. The molecule has 3 heterocycles. The lowest BCUT2D eigenvalue weighted by Gasteiger charge is -2.30. The lowest BCUT2D eigenvalue weighted by atomic mass is 9.93. The van der Waals surface area contributed by atoms with E-state index in [4.69, 9.17) is 33.5 Å². The van der Waals surface area contributed by atoms with Gasteiger partial charge in [0.05, 0.1) is 30.6 Å². The number of thiocarbonyl (C=S) groups is 1. The van der Waals surface area contributed by atoms with E-state index in [2.05, 4.69) is 41.6 Å². The van der Waals surface area contributed by atoms with Crippen molar-refractivity contribution in [1.82, 2.24) is 14.9 Å². The molecule has 0 amide bonds. The van der Waals surface area contributed by atoms with Gasteiger partial charge in [-0.1, -0.05) is 35.9 Å². The average molecular weight is 503 g/mol. The molecule has 35 heavy (non-hydrogen) atoms. The number of nitrogens with one attached hydrogen (secondary N) is 1. The largest absolute Gasteiger partial charge is 0.495 e.